The van der Waals surface area contributed by atoms with Crippen LogP contribution in [-0.2, 0) is 23.1 Å². The summed E-state index contributed by atoms with van der Waals surface area (Å²) in [6, 6.07) is 0. The van der Waals surface area contributed by atoms with Gasteiger partial charge in [-0.25, -0.2) is 4.57 Å². The summed E-state index contributed by atoms with van der Waals surface area (Å²) < 4.78 is 35.8. The molecule has 0 aliphatic rings. The minimum absolute atomic E-state index is 0.0395. The van der Waals surface area contributed by atoms with Gasteiger partial charge in [-0.1, -0.05) is 192 Å². The molecular formula is C54H97NO6P+. The zero-order chi connectivity index (χ0) is 45.3. The number of quaternary nitrogens is 1. The molecular weight excluding hydrogens is 790 g/mol. The van der Waals surface area contributed by atoms with E-state index in [4.69, 9.17) is 18.5 Å². The van der Waals surface area contributed by atoms with Crippen molar-refractivity contribution in [1.29, 1.82) is 0 Å². The number of unbranched alkanes of at least 4 members (excludes halogenated alkanes) is 30. The van der Waals surface area contributed by atoms with Gasteiger partial charge in [0.25, 0.3) is 0 Å². The van der Waals surface area contributed by atoms with Gasteiger partial charge in [-0.05, 0) is 62.2 Å². The molecule has 0 aromatic heterocycles. The molecule has 0 aromatic rings. The second kappa shape index (κ2) is 47.2. The van der Waals surface area contributed by atoms with Gasteiger partial charge in [0.1, 0.15) is 19.3 Å². The Balaban J connectivity index is 4.12. The zero-order valence-corrected chi connectivity index (χ0v) is 42.1. The molecule has 1 N–H and O–H groups in total. The summed E-state index contributed by atoms with van der Waals surface area (Å²) in [6.07, 6.45) is 40.9. The molecule has 8 heteroatoms. The second-order valence-electron chi connectivity index (χ2n) is 18.3. The normalized spacial score (nSPS) is 12.5. The van der Waals surface area contributed by atoms with Crippen LogP contribution in [0, 0.1) is 47.4 Å². The molecule has 0 amide bonds. The number of phosphoric acid groups is 1. The van der Waals surface area contributed by atoms with E-state index in [-0.39, 0.29) is 13.2 Å². The van der Waals surface area contributed by atoms with E-state index in [0.717, 1.165) is 64.2 Å². The maximum Gasteiger partial charge on any atom is 0.472 e. The first kappa shape index (κ1) is 60.2. The number of ether oxygens (including phenoxy) is 2. The van der Waals surface area contributed by atoms with E-state index in [9.17, 15) is 9.46 Å². The lowest BCUT2D eigenvalue weighted by Crippen LogP contribution is -2.37. The predicted octanol–water partition coefficient (Wildman–Crippen LogP) is 14.5. The van der Waals surface area contributed by atoms with E-state index >= 15 is 0 Å². The summed E-state index contributed by atoms with van der Waals surface area (Å²) in [6.45, 7) is 6.78. The number of hydrogen-bond acceptors (Lipinski definition) is 5. The highest BCUT2D eigenvalue weighted by atomic mass is 31.2. The first-order valence-electron chi connectivity index (χ1n) is 25.7. The number of rotatable bonds is 44. The third kappa shape index (κ3) is 50.9. The van der Waals surface area contributed by atoms with Gasteiger partial charge in [-0.15, -0.1) is 0 Å². The van der Waals surface area contributed by atoms with Gasteiger partial charge < -0.3 is 18.9 Å². The highest BCUT2D eigenvalue weighted by Crippen LogP contribution is 2.43. The average Bonchev–Trinajstić information content (AvgIpc) is 3.24. The Labute approximate surface area is 385 Å². The van der Waals surface area contributed by atoms with Crippen LogP contribution in [0.5, 0.6) is 0 Å². The first-order valence-corrected chi connectivity index (χ1v) is 27.2. The van der Waals surface area contributed by atoms with Crippen LogP contribution in [0.2, 0.25) is 0 Å². The fourth-order valence-electron chi connectivity index (χ4n) is 6.88. The lowest BCUT2D eigenvalue weighted by atomic mass is 10.1. The number of phosphoric ester groups is 1. The summed E-state index contributed by atoms with van der Waals surface area (Å²) in [5, 5.41) is 0. The van der Waals surface area contributed by atoms with Crippen LogP contribution in [-0.4, -0.2) is 76.2 Å². The molecule has 2 atom stereocenters. The standard InChI is InChI=1S/C54H96NO6P/c1-6-8-10-12-14-16-18-20-22-24-26-28-30-32-34-36-38-40-42-44-46-49-58-52-54(53-61-62(56,57)60-51-48-55(3,4)5)59-50-47-45-43-41-39-37-35-33-31-29-27-25-23-21-19-17-15-13-11-9-7-2/h54H,6-23,32-53H2,1-5H3/p+1/t54-/m1/s1. The van der Waals surface area contributed by atoms with Crippen molar-refractivity contribution in [2.45, 2.75) is 238 Å². The molecule has 0 spiro atoms. The van der Waals surface area contributed by atoms with Gasteiger partial charge in [0.15, 0.2) is 0 Å². The van der Waals surface area contributed by atoms with Crippen LogP contribution < -0.4 is 0 Å². The summed E-state index contributed by atoms with van der Waals surface area (Å²) in [4.78, 5) is 10.3. The van der Waals surface area contributed by atoms with E-state index in [0.29, 0.717) is 30.8 Å². The minimum atomic E-state index is -4.17. The SMILES string of the molecule is CCCCCCCCCCC#CC#CCCCCCCCCCOC[C@H](COP(=O)(O)OCC[N+](C)(C)C)OCCCCCCCCCC#CC#CCCCCCCCCCC. The fraction of sp³-hybridized carbons (Fsp3) is 0.852. The topological polar surface area (TPSA) is 74.2 Å². The van der Waals surface area contributed by atoms with E-state index in [2.05, 4.69) is 61.2 Å². The number of nitrogens with zero attached hydrogens (tertiary/aromatic N) is 1. The van der Waals surface area contributed by atoms with Crippen molar-refractivity contribution >= 4 is 7.82 Å². The van der Waals surface area contributed by atoms with Crippen LogP contribution >= 0.6 is 7.82 Å². The zero-order valence-electron chi connectivity index (χ0n) is 41.2. The fourth-order valence-corrected chi connectivity index (χ4v) is 7.62. The summed E-state index contributed by atoms with van der Waals surface area (Å²) in [5.74, 6) is 25.0. The van der Waals surface area contributed by atoms with E-state index < -0.39 is 13.9 Å². The van der Waals surface area contributed by atoms with Crippen LogP contribution in [0.25, 0.3) is 0 Å². The van der Waals surface area contributed by atoms with Crippen molar-refractivity contribution in [3.63, 3.8) is 0 Å². The lowest BCUT2D eigenvalue weighted by molar-refractivity contribution is -0.870. The molecule has 0 aliphatic heterocycles. The maximum atomic E-state index is 12.5. The third-order valence-electron chi connectivity index (χ3n) is 10.9. The summed E-state index contributed by atoms with van der Waals surface area (Å²) in [5.41, 5.74) is 0. The van der Waals surface area contributed by atoms with E-state index in [1.165, 1.54) is 154 Å². The van der Waals surface area contributed by atoms with Crippen LogP contribution in [0.15, 0.2) is 0 Å². The molecule has 0 fully saturated rings. The molecule has 0 bridgehead atoms. The van der Waals surface area contributed by atoms with E-state index in [1.807, 2.05) is 21.1 Å². The summed E-state index contributed by atoms with van der Waals surface area (Å²) in [7, 11) is 1.85. The Morgan fingerprint density at radius 2 is 0.774 bits per heavy atom. The smallest absolute Gasteiger partial charge is 0.379 e. The van der Waals surface area contributed by atoms with Gasteiger partial charge >= 0.3 is 7.82 Å². The van der Waals surface area contributed by atoms with Crippen molar-refractivity contribution < 1.29 is 32.5 Å². The molecule has 0 aromatic carbocycles. The van der Waals surface area contributed by atoms with Crippen molar-refractivity contribution in [3.8, 4) is 47.4 Å². The predicted molar refractivity (Wildman–Crippen MR) is 265 cm³/mol. The molecule has 0 saturated heterocycles. The molecule has 0 saturated carbocycles. The molecule has 7 nitrogen and oxygen atoms in total. The van der Waals surface area contributed by atoms with Crippen LogP contribution in [0.1, 0.15) is 232 Å². The van der Waals surface area contributed by atoms with Gasteiger partial charge in [0, 0.05) is 38.9 Å². The Hall–Kier alpha value is -1.77. The molecule has 358 valence electrons. The Morgan fingerprint density at radius 3 is 1.15 bits per heavy atom. The molecule has 1 unspecified atom stereocenters. The molecule has 0 heterocycles. The van der Waals surface area contributed by atoms with Crippen LogP contribution in [0.3, 0.4) is 0 Å². The third-order valence-corrected chi connectivity index (χ3v) is 11.9. The van der Waals surface area contributed by atoms with Crippen molar-refractivity contribution in [2.75, 3.05) is 60.7 Å². The lowest BCUT2D eigenvalue weighted by Gasteiger charge is -2.24. The average molecular weight is 887 g/mol. The van der Waals surface area contributed by atoms with Gasteiger partial charge in [-0.2, -0.15) is 0 Å². The number of likely N-dealkylation sites (N-methyl/N-ethyl adjacent to an activating group) is 1. The van der Waals surface area contributed by atoms with Crippen LogP contribution in [0.4, 0.5) is 0 Å². The minimum Gasteiger partial charge on any atom is -0.379 e. The highest BCUT2D eigenvalue weighted by molar-refractivity contribution is 7.47. The van der Waals surface area contributed by atoms with Crippen molar-refractivity contribution in [2.24, 2.45) is 0 Å². The van der Waals surface area contributed by atoms with Gasteiger partial charge in [0.05, 0.1) is 34.4 Å². The van der Waals surface area contributed by atoms with Gasteiger partial charge in [-0.3, -0.25) is 9.05 Å². The molecule has 62 heavy (non-hydrogen) atoms. The highest BCUT2D eigenvalue weighted by Gasteiger charge is 2.25. The molecule has 0 aliphatic carbocycles. The largest absolute Gasteiger partial charge is 0.472 e. The first-order chi connectivity index (χ1) is 30.2. The quantitative estimate of drug-likeness (QED) is 0.0284. The van der Waals surface area contributed by atoms with Crippen molar-refractivity contribution in [3.05, 3.63) is 0 Å². The Kier molecular flexibility index (Phi) is 45.9. The molecule has 0 rings (SSSR count). The van der Waals surface area contributed by atoms with Gasteiger partial charge in [0.2, 0.25) is 0 Å². The number of hydrogen-bond donors (Lipinski definition) is 1. The molecule has 0 radical (unpaired) electrons. The van der Waals surface area contributed by atoms with Crippen molar-refractivity contribution in [1.82, 2.24) is 0 Å². The summed E-state index contributed by atoms with van der Waals surface area (Å²) >= 11 is 0. The second-order valence-corrected chi connectivity index (χ2v) is 19.7. The maximum absolute atomic E-state index is 12.5. The Bertz CT molecular complexity index is 1280. The Morgan fingerprint density at radius 1 is 0.435 bits per heavy atom. The van der Waals surface area contributed by atoms with E-state index in [1.54, 1.807) is 0 Å². The monoisotopic (exact) mass is 887 g/mol.